The Morgan fingerprint density at radius 2 is 1.88 bits per heavy atom. The first-order valence-corrected chi connectivity index (χ1v) is 8.82. The molecule has 0 aliphatic rings. The largest absolute Gasteiger partial charge is 0.491 e. The Kier molecular flexibility index (Phi) is 5.02. The summed E-state index contributed by atoms with van der Waals surface area (Å²) in [7, 11) is 0. The van der Waals surface area contributed by atoms with Crippen LogP contribution in [-0.4, -0.2) is 15.9 Å². The van der Waals surface area contributed by atoms with E-state index in [9.17, 15) is 4.79 Å². The lowest BCUT2D eigenvalue weighted by Gasteiger charge is -2.09. The van der Waals surface area contributed by atoms with Gasteiger partial charge in [-0.1, -0.05) is 47.2 Å². The predicted octanol–water partition coefficient (Wildman–Crippen LogP) is 4.33. The number of aromatic nitrogens is 2. The summed E-state index contributed by atoms with van der Waals surface area (Å²) in [5.74, 6) is 0.837. The predicted molar refractivity (Wildman–Crippen MR) is 97.7 cm³/mol. The molecule has 0 saturated carbocycles. The van der Waals surface area contributed by atoms with Crippen molar-refractivity contribution in [3.8, 4) is 11.4 Å². The van der Waals surface area contributed by atoms with Crippen LogP contribution >= 0.6 is 22.9 Å². The van der Waals surface area contributed by atoms with E-state index in [-0.39, 0.29) is 11.0 Å². The van der Waals surface area contributed by atoms with E-state index < -0.39 is 0 Å². The van der Waals surface area contributed by atoms with E-state index in [1.54, 1.807) is 12.1 Å². The molecular weight excluding hydrogens is 344 g/mol. The minimum atomic E-state index is -0.141. The third-order valence-corrected chi connectivity index (χ3v) is 4.45. The fourth-order valence-electron chi connectivity index (χ4n) is 2.30. The Morgan fingerprint density at radius 3 is 2.54 bits per heavy atom. The van der Waals surface area contributed by atoms with Crippen LogP contribution in [0.2, 0.25) is 5.02 Å². The first-order valence-electron chi connectivity index (χ1n) is 7.62. The highest BCUT2D eigenvalue weighted by Crippen LogP contribution is 2.20. The maximum atomic E-state index is 12.2. The van der Waals surface area contributed by atoms with Crippen molar-refractivity contribution in [3.63, 3.8) is 0 Å². The van der Waals surface area contributed by atoms with Gasteiger partial charge in [0.05, 0.1) is 16.8 Å². The molecule has 0 radical (unpaired) electrons. The summed E-state index contributed by atoms with van der Waals surface area (Å²) in [6, 6.07) is 15.0. The van der Waals surface area contributed by atoms with Gasteiger partial charge in [-0.3, -0.25) is 4.79 Å². The summed E-state index contributed by atoms with van der Waals surface area (Å²) in [6.07, 6.45) is 0.742. The van der Waals surface area contributed by atoms with E-state index in [1.807, 2.05) is 50.2 Å². The molecule has 0 aliphatic carbocycles. The highest BCUT2D eigenvalue weighted by molar-refractivity contribution is 7.08. The number of hydrogen-bond donors (Lipinski definition) is 0. The minimum absolute atomic E-state index is 0.141. The Labute approximate surface area is 149 Å². The summed E-state index contributed by atoms with van der Waals surface area (Å²) in [5, 5.41) is 5.67. The summed E-state index contributed by atoms with van der Waals surface area (Å²) >= 11 is 7.28. The van der Waals surface area contributed by atoms with Crippen molar-refractivity contribution in [2.45, 2.75) is 26.4 Å². The Morgan fingerprint density at radius 1 is 1.17 bits per heavy atom. The summed E-state index contributed by atoms with van der Waals surface area (Å²) in [6.45, 7) is 3.99. The van der Waals surface area contributed by atoms with Gasteiger partial charge in [0, 0.05) is 6.42 Å². The Hall–Kier alpha value is -2.11. The Balaban J connectivity index is 1.81. The topological polar surface area (TPSA) is 44.1 Å². The zero-order valence-electron chi connectivity index (χ0n) is 13.4. The quantitative estimate of drug-likeness (QED) is 0.680. The van der Waals surface area contributed by atoms with Gasteiger partial charge in [0.2, 0.25) is 0 Å². The lowest BCUT2D eigenvalue weighted by molar-refractivity contribution is 0.242. The first kappa shape index (κ1) is 16.7. The van der Waals surface area contributed by atoms with Gasteiger partial charge in [0.1, 0.15) is 10.8 Å². The second kappa shape index (κ2) is 7.20. The summed E-state index contributed by atoms with van der Waals surface area (Å²) in [4.78, 5) is 12.1. The number of ether oxygens (including phenoxy) is 1. The van der Waals surface area contributed by atoms with Crippen LogP contribution in [0.4, 0.5) is 0 Å². The molecule has 6 heteroatoms. The van der Waals surface area contributed by atoms with Crippen LogP contribution in [0.25, 0.3) is 5.69 Å². The van der Waals surface area contributed by atoms with Crippen molar-refractivity contribution in [3.05, 3.63) is 73.8 Å². The first-order chi connectivity index (χ1) is 11.5. The normalized spacial score (nSPS) is 11.0. The lowest BCUT2D eigenvalue weighted by atomic mass is 10.1. The molecule has 0 fully saturated rings. The number of para-hydroxylation sites is 1. The van der Waals surface area contributed by atoms with Crippen LogP contribution < -0.4 is 9.61 Å². The molecule has 3 rings (SSSR count). The standard InChI is InChI=1S/C18H17ClN2O2S/c1-12(2)23-14-9-7-13(8-10-14)11-17-20-21(18(22)24-17)16-6-4-3-5-15(16)19/h3-10,12H,11H2,1-2H3. The molecular formula is C18H17ClN2O2S. The monoisotopic (exact) mass is 360 g/mol. The number of rotatable bonds is 5. The van der Waals surface area contributed by atoms with Crippen molar-refractivity contribution in [1.82, 2.24) is 9.78 Å². The average Bonchev–Trinajstić information content (AvgIpc) is 2.89. The third-order valence-electron chi connectivity index (χ3n) is 3.32. The molecule has 0 atom stereocenters. The SMILES string of the molecule is CC(C)Oc1ccc(Cc2nn(-c3ccccc3Cl)c(=O)s2)cc1. The average molecular weight is 361 g/mol. The molecule has 0 spiro atoms. The van der Waals surface area contributed by atoms with Crippen molar-refractivity contribution in [2.24, 2.45) is 0 Å². The van der Waals surface area contributed by atoms with Crippen LogP contribution in [0.1, 0.15) is 24.4 Å². The van der Waals surface area contributed by atoms with Crippen molar-refractivity contribution in [1.29, 1.82) is 0 Å². The molecule has 0 bridgehead atoms. The van der Waals surface area contributed by atoms with Crippen LogP contribution in [0.15, 0.2) is 53.3 Å². The van der Waals surface area contributed by atoms with Gasteiger partial charge >= 0.3 is 4.87 Å². The molecule has 1 heterocycles. The van der Waals surface area contributed by atoms with Gasteiger partial charge < -0.3 is 4.74 Å². The fraction of sp³-hybridized carbons (Fsp3) is 0.222. The van der Waals surface area contributed by atoms with E-state index in [1.165, 1.54) is 4.68 Å². The number of benzene rings is 2. The zero-order valence-corrected chi connectivity index (χ0v) is 15.0. The van der Waals surface area contributed by atoms with Gasteiger partial charge in [-0.25, -0.2) is 0 Å². The van der Waals surface area contributed by atoms with Gasteiger partial charge in [0.25, 0.3) is 0 Å². The van der Waals surface area contributed by atoms with E-state index in [0.717, 1.165) is 27.7 Å². The molecule has 24 heavy (non-hydrogen) atoms. The molecule has 0 amide bonds. The van der Waals surface area contributed by atoms with Crippen molar-refractivity contribution < 1.29 is 4.74 Å². The number of nitrogens with zero attached hydrogens (tertiary/aromatic N) is 2. The third kappa shape index (κ3) is 3.86. The van der Waals surface area contributed by atoms with E-state index in [2.05, 4.69) is 5.10 Å². The van der Waals surface area contributed by atoms with Crippen molar-refractivity contribution in [2.75, 3.05) is 0 Å². The van der Waals surface area contributed by atoms with Gasteiger partial charge in [-0.2, -0.15) is 9.78 Å². The smallest absolute Gasteiger partial charge is 0.329 e. The second-order valence-electron chi connectivity index (χ2n) is 5.61. The fourth-order valence-corrected chi connectivity index (χ4v) is 3.30. The van der Waals surface area contributed by atoms with Crippen LogP contribution in [0.5, 0.6) is 5.75 Å². The highest BCUT2D eigenvalue weighted by atomic mass is 35.5. The minimum Gasteiger partial charge on any atom is -0.491 e. The zero-order chi connectivity index (χ0) is 17.1. The maximum Gasteiger partial charge on any atom is 0.329 e. The van der Waals surface area contributed by atoms with E-state index in [4.69, 9.17) is 16.3 Å². The van der Waals surface area contributed by atoms with Crippen LogP contribution in [-0.2, 0) is 6.42 Å². The second-order valence-corrected chi connectivity index (χ2v) is 7.04. The van der Waals surface area contributed by atoms with E-state index in [0.29, 0.717) is 17.1 Å². The molecule has 0 unspecified atom stereocenters. The lowest BCUT2D eigenvalue weighted by Crippen LogP contribution is -2.12. The summed E-state index contributed by atoms with van der Waals surface area (Å²) in [5.41, 5.74) is 1.68. The maximum absolute atomic E-state index is 12.2. The molecule has 1 aromatic heterocycles. The number of hydrogen-bond acceptors (Lipinski definition) is 4. The van der Waals surface area contributed by atoms with Crippen molar-refractivity contribution >= 4 is 22.9 Å². The molecule has 124 valence electrons. The molecule has 0 aliphatic heterocycles. The van der Waals surface area contributed by atoms with Gasteiger partial charge in [-0.05, 0) is 43.7 Å². The molecule has 0 saturated heterocycles. The highest BCUT2D eigenvalue weighted by Gasteiger charge is 2.11. The molecule has 2 aromatic carbocycles. The Bertz CT molecular complexity index is 885. The van der Waals surface area contributed by atoms with Crippen LogP contribution in [0.3, 0.4) is 0 Å². The summed E-state index contributed by atoms with van der Waals surface area (Å²) < 4.78 is 6.99. The van der Waals surface area contributed by atoms with Crippen LogP contribution in [0, 0.1) is 0 Å². The molecule has 0 N–H and O–H groups in total. The van der Waals surface area contributed by atoms with Gasteiger partial charge in [0.15, 0.2) is 0 Å². The number of halogens is 1. The van der Waals surface area contributed by atoms with E-state index >= 15 is 0 Å². The molecule has 4 nitrogen and oxygen atoms in total. The van der Waals surface area contributed by atoms with Gasteiger partial charge in [-0.15, -0.1) is 0 Å². The molecule has 3 aromatic rings.